The number of carboxylic acid groups (broad SMARTS) is 1. The third kappa shape index (κ3) is 0.959. The molecule has 0 bridgehead atoms. The largest absolute Gasteiger partial charge is 0.481 e. The summed E-state index contributed by atoms with van der Waals surface area (Å²) >= 11 is 0. The van der Waals surface area contributed by atoms with Crippen molar-refractivity contribution in [2.24, 2.45) is 10.8 Å². The summed E-state index contributed by atoms with van der Waals surface area (Å²) in [6.45, 7) is 5.43. The molecule has 1 aliphatic rings. The molecule has 0 amide bonds. The molecule has 3 heteroatoms. The molecule has 1 rings (SSSR count). The first-order chi connectivity index (χ1) is 5.32. The van der Waals surface area contributed by atoms with Gasteiger partial charge in [-0.2, -0.15) is 0 Å². The SMILES string of the molecule is CC1(C)CCC(O)C1(C)C(=O)O. The van der Waals surface area contributed by atoms with Crippen LogP contribution in [-0.2, 0) is 4.79 Å². The Morgan fingerprint density at radius 1 is 1.42 bits per heavy atom. The van der Waals surface area contributed by atoms with Gasteiger partial charge in [-0.15, -0.1) is 0 Å². The molecule has 2 unspecified atom stereocenters. The van der Waals surface area contributed by atoms with E-state index in [1.54, 1.807) is 6.92 Å². The Labute approximate surface area is 72.4 Å². The monoisotopic (exact) mass is 172 g/mol. The third-order valence-corrected chi connectivity index (χ3v) is 3.56. The molecule has 0 aromatic carbocycles. The van der Waals surface area contributed by atoms with Crippen LogP contribution < -0.4 is 0 Å². The van der Waals surface area contributed by atoms with Crippen LogP contribution in [0, 0.1) is 10.8 Å². The molecular weight excluding hydrogens is 156 g/mol. The van der Waals surface area contributed by atoms with Gasteiger partial charge >= 0.3 is 5.97 Å². The van der Waals surface area contributed by atoms with E-state index in [2.05, 4.69) is 0 Å². The molecule has 2 N–H and O–H groups in total. The fourth-order valence-corrected chi connectivity index (χ4v) is 1.93. The second kappa shape index (κ2) is 2.46. The number of rotatable bonds is 1. The lowest BCUT2D eigenvalue weighted by Gasteiger charge is -2.36. The van der Waals surface area contributed by atoms with Crippen molar-refractivity contribution in [3.8, 4) is 0 Å². The minimum Gasteiger partial charge on any atom is -0.481 e. The van der Waals surface area contributed by atoms with Crippen LogP contribution in [0.3, 0.4) is 0 Å². The first-order valence-corrected chi connectivity index (χ1v) is 4.24. The zero-order valence-electron chi connectivity index (χ0n) is 7.79. The molecular formula is C9H16O3. The fourth-order valence-electron chi connectivity index (χ4n) is 1.93. The van der Waals surface area contributed by atoms with E-state index in [9.17, 15) is 9.90 Å². The molecule has 0 heterocycles. The number of carbonyl (C=O) groups is 1. The molecule has 12 heavy (non-hydrogen) atoms. The van der Waals surface area contributed by atoms with Gasteiger partial charge in [0.25, 0.3) is 0 Å². The maximum Gasteiger partial charge on any atom is 0.312 e. The molecule has 0 spiro atoms. The summed E-state index contributed by atoms with van der Waals surface area (Å²) in [5.41, 5.74) is -1.29. The van der Waals surface area contributed by atoms with Crippen LogP contribution in [0.15, 0.2) is 0 Å². The second-order valence-electron chi connectivity index (χ2n) is 4.45. The van der Waals surface area contributed by atoms with E-state index in [0.717, 1.165) is 6.42 Å². The van der Waals surface area contributed by atoms with Gasteiger partial charge in [0.1, 0.15) is 0 Å². The van der Waals surface area contributed by atoms with E-state index in [-0.39, 0.29) is 5.41 Å². The number of aliphatic carboxylic acids is 1. The Balaban J connectivity index is 3.06. The van der Waals surface area contributed by atoms with Crippen molar-refractivity contribution in [3.63, 3.8) is 0 Å². The molecule has 70 valence electrons. The van der Waals surface area contributed by atoms with E-state index < -0.39 is 17.5 Å². The van der Waals surface area contributed by atoms with Crippen LogP contribution in [0.1, 0.15) is 33.6 Å². The molecule has 1 saturated carbocycles. The van der Waals surface area contributed by atoms with Gasteiger partial charge in [-0.3, -0.25) is 4.79 Å². The number of hydrogen-bond acceptors (Lipinski definition) is 2. The summed E-state index contributed by atoms with van der Waals surface area (Å²) in [5.74, 6) is -0.891. The summed E-state index contributed by atoms with van der Waals surface area (Å²) in [6, 6.07) is 0. The minimum atomic E-state index is -0.979. The van der Waals surface area contributed by atoms with E-state index in [4.69, 9.17) is 5.11 Å². The van der Waals surface area contributed by atoms with Gasteiger partial charge in [0.05, 0.1) is 11.5 Å². The molecule has 0 radical (unpaired) electrons. The van der Waals surface area contributed by atoms with E-state index in [0.29, 0.717) is 6.42 Å². The Morgan fingerprint density at radius 2 is 1.92 bits per heavy atom. The average molecular weight is 172 g/mol. The van der Waals surface area contributed by atoms with Crippen LogP contribution in [0.5, 0.6) is 0 Å². The summed E-state index contributed by atoms with van der Waals surface area (Å²) < 4.78 is 0. The zero-order chi connectivity index (χ0) is 9.57. The maximum absolute atomic E-state index is 11.0. The van der Waals surface area contributed by atoms with Crippen molar-refractivity contribution in [2.75, 3.05) is 0 Å². The van der Waals surface area contributed by atoms with E-state index in [1.807, 2.05) is 13.8 Å². The lowest BCUT2D eigenvalue weighted by molar-refractivity contribution is -0.160. The first-order valence-electron chi connectivity index (χ1n) is 4.24. The van der Waals surface area contributed by atoms with E-state index >= 15 is 0 Å². The molecule has 1 fully saturated rings. The third-order valence-electron chi connectivity index (χ3n) is 3.56. The number of aliphatic hydroxyl groups is 1. The number of hydrogen-bond donors (Lipinski definition) is 2. The van der Waals surface area contributed by atoms with Crippen molar-refractivity contribution in [1.82, 2.24) is 0 Å². The van der Waals surface area contributed by atoms with Crippen molar-refractivity contribution < 1.29 is 15.0 Å². The number of carboxylic acids is 1. The number of aliphatic hydroxyl groups excluding tert-OH is 1. The average Bonchev–Trinajstić information content (AvgIpc) is 2.15. The summed E-state index contributed by atoms with van der Waals surface area (Å²) in [4.78, 5) is 11.0. The van der Waals surface area contributed by atoms with Crippen LogP contribution in [-0.4, -0.2) is 22.3 Å². The summed E-state index contributed by atoms with van der Waals surface area (Å²) in [7, 11) is 0. The molecule has 0 saturated heterocycles. The van der Waals surface area contributed by atoms with Crippen LogP contribution in [0.4, 0.5) is 0 Å². The van der Waals surface area contributed by atoms with Gasteiger partial charge in [-0.05, 0) is 25.2 Å². The normalized spacial score (nSPS) is 39.8. The van der Waals surface area contributed by atoms with Gasteiger partial charge in [0, 0.05) is 0 Å². The highest BCUT2D eigenvalue weighted by Gasteiger charge is 2.56. The van der Waals surface area contributed by atoms with Gasteiger partial charge < -0.3 is 10.2 Å². The Morgan fingerprint density at radius 3 is 2.08 bits per heavy atom. The van der Waals surface area contributed by atoms with Crippen molar-refractivity contribution >= 4 is 5.97 Å². The van der Waals surface area contributed by atoms with Gasteiger partial charge in [0.2, 0.25) is 0 Å². The standard InChI is InChI=1S/C9H16O3/c1-8(2)5-4-6(10)9(8,3)7(11)12/h6,10H,4-5H2,1-3H3,(H,11,12). The Hall–Kier alpha value is -0.570. The van der Waals surface area contributed by atoms with Gasteiger partial charge in [-0.25, -0.2) is 0 Å². The van der Waals surface area contributed by atoms with Crippen LogP contribution in [0.25, 0.3) is 0 Å². The van der Waals surface area contributed by atoms with Gasteiger partial charge in [0.15, 0.2) is 0 Å². The highest BCUT2D eigenvalue weighted by molar-refractivity contribution is 5.76. The molecule has 1 aliphatic carbocycles. The summed E-state index contributed by atoms with van der Waals surface area (Å²) in [6.07, 6.45) is 0.664. The smallest absolute Gasteiger partial charge is 0.312 e. The Kier molecular flexibility index (Phi) is 1.95. The van der Waals surface area contributed by atoms with E-state index in [1.165, 1.54) is 0 Å². The second-order valence-corrected chi connectivity index (χ2v) is 4.45. The highest BCUT2D eigenvalue weighted by Crippen LogP contribution is 2.52. The van der Waals surface area contributed by atoms with Crippen LogP contribution >= 0.6 is 0 Å². The first kappa shape index (κ1) is 9.52. The maximum atomic E-state index is 11.0. The fraction of sp³-hybridized carbons (Fsp3) is 0.889. The zero-order valence-corrected chi connectivity index (χ0v) is 7.79. The molecule has 0 aliphatic heterocycles. The molecule has 0 aromatic rings. The Bertz CT molecular complexity index is 210. The lowest BCUT2D eigenvalue weighted by Crippen LogP contribution is -2.44. The molecule has 2 atom stereocenters. The quantitative estimate of drug-likeness (QED) is 0.626. The predicted octanol–water partition coefficient (Wildman–Crippen LogP) is 1.26. The topological polar surface area (TPSA) is 57.5 Å². The van der Waals surface area contributed by atoms with Crippen LogP contribution in [0.2, 0.25) is 0 Å². The van der Waals surface area contributed by atoms with Crippen molar-refractivity contribution in [3.05, 3.63) is 0 Å². The highest BCUT2D eigenvalue weighted by atomic mass is 16.4. The lowest BCUT2D eigenvalue weighted by atomic mass is 9.68. The van der Waals surface area contributed by atoms with Gasteiger partial charge in [-0.1, -0.05) is 13.8 Å². The predicted molar refractivity (Wildman–Crippen MR) is 44.8 cm³/mol. The molecule has 0 aromatic heterocycles. The minimum absolute atomic E-state index is 0.307. The summed E-state index contributed by atoms with van der Waals surface area (Å²) in [5, 5.41) is 18.6. The van der Waals surface area contributed by atoms with Crippen molar-refractivity contribution in [2.45, 2.75) is 39.7 Å². The van der Waals surface area contributed by atoms with Crippen molar-refractivity contribution in [1.29, 1.82) is 0 Å². The molecule has 3 nitrogen and oxygen atoms in total.